The third kappa shape index (κ3) is 5.43. The van der Waals surface area contributed by atoms with Crippen molar-refractivity contribution in [2.24, 2.45) is 5.73 Å². The van der Waals surface area contributed by atoms with Crippen LogP contribution in [0.1, 0.15) is 5.56 Å². The van der Waals surface area contributed by atoms with E-state index in [1.807, 2.05) is 5.48 Å². The van der Waals surface area contributed by atoms with Crippen LogP contribution >= 0.6 is 0 Å². The van der Waals surface area contributed by atoms with Gasteiger partial charge in [-0.2, -0.15) is 0 Å². The van der Waals surface area contributed by atoms with Crippen molar-refractivity contribution in [2.45, 2.75) is 0 Å². The van der Waals surface area contributed by atoms with Gasteiger partial charge in [-0.25, -0.2) is 9.87 Å². The van der Waals surface area contributed by atoms with Crippen molar-refractivity contribution >= 4 is 17.9 Å². The summed E-state index contributed by atoms with van der Waals surface area (Å²) in [7, 11) is 0. The van der Waals surface area contributed by atoms with Crippen LogP contribution in [0.25, 0.3) is 6.08 Å². The van der Waals surface area contributed by atoms with Crippen LogP contribution in [-0.4, -0.2) is 18.4 Å². The molecule has 2 amide bonds. The molecule has 0 aliphatic carbocycles. The molecule has 0 unspecified atom stereocenters. The molecule has 5 nitrogen and oxygen atoms in total. The van der Waals surface area contributed by atoms with Crippen molar-refractivity contribution in [2.75, 3.05) is 6.61 Å². The highest BCUT2D eigenvalue weighted by molar-refractivity contribution is 5.91. The van der Waals surface area contributed by atoms with E-state index in [2.05, 4.69) is 4.84 Å². The van der Waals surface area contributed by atoms with Crippen molar-refractivity contribution < 1.29 is 18.8 Å². The van der Waals surface area contributed by atoms with E-state index in [4.69, 9.17) is 5.73 Å². The van der Waals surface area contributed by atoms with Crippen molar-refractivity contribution in [3.05, 3.63) is 41.7 Å². The van der Waals surface area contributed by atoms with Crippen molar-refractivity contribution in [1.82, 2.24) is 5.48 Å². The summed E-state index contributed by atoms with van der Waals surface area (Å²) in [6.07, 6.45) is 2.56. The molecule has 0 bridgehead atoms. The molecule has 0 saturated carbocycles. The summed E-state index contributed by atoms with van der Waals surface area (Å²) in [4.78, 5) is 25.9. The average Bonchev–Trinajstić information content (AvgIpc) is 2.26. The molecule has 0 aromatic heterocycles. The Hall–Kier alpha value is -2.21. The number of rotatable bonds is 5. The van der Waals surface area contributed by atoms with Gasteiger partial charge in [0.05, 0.1) is 0 Å². The maximum atomic E-state index is 12.8. The minimum absolute atomic E-state index is 0.391. The largest absolute Gasteiger partial charge is 0.368 e. The number of amides is 2. The van der Waals surface area contributed by atoms with E-state index >= 15 is 0 Å². The van der Waals surface area contributed by atoms with Crippen LogP contribution in [0.2, 0.25) is 0 Å². The van der Waals surface area contributed by atoms with Crippen molar-refractivity contribution in [1.29, 1.82) is 0 Å². The number of benzene rings is 1. The normalized spacial score (nSPS) is 10.4. The number of carbonyl (C=O) groups excluding carboxylic acids is 2. The molecular formula is C11H11FN2O3. The molecule has 0 radical (unpaired) electrons. The third-order valence-electron chi connectivity index (χ3n) is 1.66. The van der Waals surface area contributed by atoms with Crippen LogP contribution in [-0.2, 0) is 14.4 Å². The zero-order valence-electron chi connectivity index (χ0n) is 8.85. The van der Waals surface area contributed by atoms with Gasteiger partial charge >= 0.3 is 0 Å². The Morgan fingerprint density at radius 3 is 2.88 bits per heavy atom. The second-order valence-electron chi connectivity index (χ2n) is 3.11. The van der Waals surface area contributed by atoms with Gasteiger partial charge in [0, 0.05) is 6.08 Å². The van der Waals surface area contributed by atoms with Crippen LogP contribution in [0.5, 0.6) is 0 Å². The number of primary amides is 1. The molecule has 0 spiro atoms. The van der Waals surface area contributed by atoms with Crippen LogP contribution in [0.3, 0.4) is 0 Å². The number of hydrogen-bond acceptors (Lipinski definition) is 3. The van der Waals surface area contributed by atoms with E-state index < -0.39 is 24.2 Å². The Kier molecular flexibility index (Phi) is 4.83. The smallest absolute Gasteiger partial charge is 0.267 e. The van der Waals surface area contributed by atoms with Crippen molar-refractivity contribution in [3.8, 4) is 0 Å². The van der Waals surface area contributed by atoms with Gasteiger partial charge in [-0.05, 0) is 23.8 Å². The average molecular weight is 238 g/mol. The molecule has 0 atom stereocenters. The van der Waals surface area contributed by atoms with Crippen LogP contribution in [0, 0.1) is 5.82 Å². The molecule has 0 saturated heterocycles. The van der Waals surface area contributed by atoms with Gasteiger partial charge in [-0.15, -0.1) is 0 Å². The first kappa shape index (κ1) is 12.9. The topological polar surface area (TPSA) is 81.4 Å². The molecule has 0 aliphatic heterocycles. The number of nitrogens with one attached hydrogen (secondary N) is 1. The highest BCUT2D eigenvalue weighted by Crippen LogP contribution is 2.04. The number of halogens is 1. The number of nitrogens with two attached hydrogens (primary N) is 1. The Morgan fingerprint density at radius 2 is 2.24 bits per heavy atom. The molecule has 90 valence electrons. The summed E-state index contributed by atoms with van der Waals surface area (Å²) in [6.45, 7) is -0.403. The molecule has 1 aromatic carbocycles. The second-order valence-corrected chi connectivity index (χ2v) is 3.11. The molecule has 17 heavy (non-hydrogen) atoms. The summed E-state index contributed by atoms with van der Waals surface area (Å²) < 4.78 is 12.8. The minimum atomic E-state index is -0.695. The first-order valence-electron chi connectivity index (χ1n) is 4.71. The van der Waals surface area contributed by atoms with E-state index in [-0.39, 0.29) is 0 Å². The molecular weight excluding hydrogens is 227 g/mol. The minimum Gasteiger partial charge on any atom is -0.368 e. The summed E-state index contributed by atoms with van der Waals surface area (Å²) in [6, 6.07) is 5.73. The highest BCUT2D eigenvalue weighted by atomic mass is 19.1. The fourth-order valence-corrected chi connectivity index (χ4v) is 0.995. The van der Waals surface area contributed by atoms with Gasteiger partial charge in [0.2, 0.25) is 5.91 Å². The van der Waals surface area contributed by atoms with Crippen molar-refractivity contribution in [3.63, 3.8) is 0 Å². The van der Waals surface area contributed by atoms with Gasteiger partial charge < -0.3 is 5.73 Å². The quantitative estimate of drug-likeness (QED) is 0.574. The van der Waals surface area contributed by atoms with Crippen LogP contribution in [0.4, 0.5) is 4.39 Å². The van der Waals surface area contributed by atoms with E-state index in [1.165, 1.54) is 24.3 Å². The van der Waals surface area contributed by atoms with Gasteiger partial charge in [0.15, 0.2) is 6.61 Å². The van der Waals surface area contributed by atoms with Gasteiger partial charge in [0.25, 0.3) is 5.91 Å². The maximum Gasteiger partial charge on any atom is 0.267 e. The number of carbonyl (C=O) groups is 2. The van der Waals surface area contributed by atoms with E-state index in [9.17, 15) is 14.0 Å². The van der Waals surface area contributed by atoms with Gasteiger partial charge in [0.1, 0.15) is 5.82 Å². The molecule has 1 rings (SSSR count). The summed E-state index contributed by atoms with van der Waals surface area (Å²) in [5.41, 5.74) is 7.30. The third-order valence-corrected chi connectivity index (χ3v) is 1.66. The van der Waals surface area contributed by atoms with Crippen LogP contribution < -0.4 is 11.2 Å². The highest BCUT2D eigenvalue weighted by Gasteiger charge is 1.98. The molecule has 1 aromatic rings. The molecule has 0 aliphatic rings. The Balaban J connectivity index is 2.43. The lowest BCUT2D eigenvalue weighted by molar-refractivity contribution is -0.134. The lowest BCUT2D eigenvalue weighted by atomic mass is 10.2. The standard InChI is InChI=1S/C11H11FN2O3/c12-9-3-1-2-8(6-9)4-5-11(16)14-17-7-10(13)15/h1-6H,7H2,(H2,13,15)(H,14,16)/b5-4+. The first-order valence-corrected chi connectivity index (χ1v) is 4.71. The summed E-state index contributed by atoms with van der Waals surface area (Å²) >= 11 is 0. The Labute approximate surface area is 97.0 Å². The molecule has 3 N–H and O–H groups in total. The Morgan fingerprint density at radius 1 is 1.47 bits per heavy atom. The first-order chi connectivity index (χ1) is 8.08. The van der Waals surface area contributed by atoms with E-state index in [0.717, 1.165) is 6.08 Å². The van der Waals surface area contributed by atoms with Gasteiger partial charge in [-0.3, -0.25) is 14.4 Å². The lowest BCUT2D eigenvalue weighted by Gasteiger charge is -1.99. The Bertz CT molecular complexity index is 446. The fraction of sp³-hybridized carbons (Fsp3) is 0.0909. The summed E-state index contributed by atoms with van der Waals surface area (Å²) in [5.74, 6) is -1.66. The number of hydroxylamine groups is 1. The van der Waals surface area contributed by atoms with E-state index in [0.29, 0.717) is 5.56 Å². The zero-order valence-corrected chi connectivity index (χ0v) is 8.85. The van der Waals surface area contributed by atoms with Gasteiger partial charge in [-0.1, -0.05) is 12.1 Å². The van der Waals surface area contributed by atoms with Crippen LogP contribution in [0.15, 0.2) is 30.3 Å². The molecule has 6 heteroatoms. The lowest BCUT2D eigenvalue weighted by Crippen LogP contribution is -2.28. The predicted molar refractivity (Wildman–Crippen MR) is 58.7 cm³/mol. The number of hydrogen-bond donors (Lipinski definition) is 2. The predicted octanol–water partition coefficient (Wildman–Crippen LogP) is 0.372. The van der Waals surface area contributed by atoms with E-state index in [1.54, 1.807) is 6.07 Å². The SMILES string of the molecule is NC(=O)CONC(=O)/C=C/c1cccc(F)c1. The zero-order chi connectivity index (χ0) is 12.7. The molecule has 0 heterocycles. The molecule has 0 fully saturated rings. The monoisotopic (exact) mass is 238 g/mol. The second kappa shape index (κ2) is 6.39. The maximum absolute atomic E-state index is 12.8. The fourth-order valence-electron chi connectivity index (χ4n) is 0.995. The summed E-state index contributed by atoms with van der Waals surface area (Å²) in [5, 5.41) is 0.